The predicted molar refractivity (Wildman–Crippen MR) is 146 cm³/mol. The maximum Gasteiger partial charge on any atom is 0.322 e. The standard InChI is InChI=1S/C27H39N9O/c1-18(2)16-36-23-13-21(28-14-20(23)25(32-36)34-12-7-19(17-34)33(3)4)24-22(15-29-31-24)30-26(37)35-11-6-5-8-27(35)9-10-27/h13-15,18-19H,5-12,16-17H2,1-4H3,(H,29,31)(H,30,37). The van der Waals surface area contributed by atoms with Crippen molar-refractivity contribution >= 4 is 28.4 Å². The molecule has 1 atom stereocenters. The van der Waals surface area contributed by atoms with Crippen molar-refractivity contribution in [2.75, 3.05) is 43.9 Å². The molecule has 3 aromatic rings. The molecule has 10 nitrogen and oxygen atoms in total. The number of carbonyl (C=O) groups excluding carboxylic acids is 1. The summed E-state index contributed by atoms with van der Waals surface area (Å²) < 4.78 is 2.11. The van der Waals surface area contributed by atoms with Crippen LogP contribution in [0, 0.1) is 5.92 Å². The molecule has 5 heterocycles. The fourth-order valence-corrected chi connectivity index (χ4v) is 6.10. The third-order valence-electron chi connectivity index (χ3n) is 8.40. The van der Waals surface area contributed by atoms with Gasteiger partial charge in [-0.15, -0.1) is 0 Å². The molecule has 3 aromatic heterocycles. The Morgan fingerprint density at radius 1 is 1.22 bits per heavy atom. The molecule has 1 aliphatic carbocycles. The van der Waals surface area contributed by atoms with Gasteiger partial charge in [0.25, 0.3) is 0 Å². The lowest BCUT2D eigenvalue weighted by molar-refractivity contribution is 0.151. The molecule has 3 aliphatic rings. The van der Waals surface area contributed by atoms with Crippen LogP contribution in [0.1, 0.15) is 52.4 Å². The number of anilines is 2. The Hall–Kier alpha value is -3.14. The lowest BCUT2D eigenvalue weighted by Crippen LogP contribution is -2.47. The molecule has 198 valence electrons. The summed E-state index contributed by atoms with van der Waals surface area (Å²) in [5, 5.41) is 16.6. The molecule has 0 bridgehead atoms. The number of hydrogen-bond donors (Lipinski definition) is 2. The van der Waals surface area contributed by atoms with Gasteiger partial charge in [-0.1, -0.05) is 13.8 Å². The van der Waals surface area contributed by atoms with E-state index >= 15 is 0 Å². The monoisotopic (exact) mass is 505 g/mol. The fourth-order valence-electron chi connectivity index (χ4n) is 6.10. The van der Waals surface area contributed by atoms with Gasteiger partial charge in [-0.05, 0) is 64.6 Å². The van der Waals surface area contributed by atoms with Crippen LogP contribution in [0.25, 0.3) is 22.3 Å². The number of aromatic amines is 1. The summed E-state index contributed by atoms with van der Waals surface area (Å²) >= 11 is 0. The van der Waals surface area contributed by atoms with Crippen LogP contribution in [0.4, 0.5) is 16.3 Å². The topological polar surface area (TPSA) is 98.2 Å². The number of fused-ring (bicyclic) bond motifs is 1. The number of carbonyl (C=O) groups is 1. The number of likely N-dealkylation sites (tertiary alicyclic amines) is 1. The van der Waals surface area contributed by atoms with Crippen molar-refractivity contribution < 1.29 is 4.79 Å². The number of rotatable bonds is 6. The molecule has 37 heavy (non-hydrogen) atoms. The SMILES string of the molecule is CC(C)Cn1nc(N2CCC(N(C)C)C2)c2cnc(-c3[nH]ncc3NC(=O)N3CCCCC34CC4)cc21. The van der Waals surface area contributed by atoms with E-state index in [9.17, 15) is 4.79 Å². The number of aromatic nitrogens is 5. The summed E-state index contributed by atoms with van der Waals surface area (Å²) in [6.07, 6.45) is 10.4. The molecule has 2 saturated heterocycles. The third kappa shape index (κ3) is 4.45. The molecule has 6 rings (SSSR count). The number of likely N-dealkylation sites (N-methyl/N-ethyl adjacent to an activating group) is 1. The highest BCUT2D eigenvalue weighted by Gasteiger charge is 2.51. The van der Waals surface area contributed by atoms with E-state index in [2.05, 4.69) is 64.0 Å². The van der Waals surface area contributed by atoms with Crippen LogP contribution in [0.3, 0.4) is 0 Å². The van der Waals surface area contributed by atoms with Crippen LogP contribution in [-0.4, -0.2) is 86.1 Å². The minimum atomic E-state index is -0.0301. The minimum absolute atomic E-state index is 0.0301. The van der Waals surface area contributed by atoms with Crippen molar-refractivity contribution in [2.45, 2.75) is 70.5 Å². The minimum Gasteiger partial charge on any atom is -0.353 e. The predicted octanol–water partition coefficient (Wildman–Crippen LogP) is 4.17. The van der Waals surface area contributed by atoms with Gasteiger partial charge in [-0.25, -0.2) is 4.79 Å². The summed E-state index contributed by atoms with van der Waals surface area (Å²) in [6.45, 7) is 8.04. The lowest BCUT2D eigenvalue weighted by Gasteiger charge is -2.36. The van der Waals surface area contributed by atoms with E-state index < -0.39 is 0 Å². The van der Waals surface area contributed by atoms with Crippen molar-refractivity contribution in [3.63, 3.8) is 0 Å². The van der Waals surface area contributed by atoms with Crippen molar-refractivity contribution in [3.8, 4) is 11.4 Å². The summed E-state index contributed by atoms with van der Waals surface area (Å²) in [5.74, 6) is 1.47. The molecule has 3 fully saturated rings. The first-order chi connectivity index (χ1) is 17.8. The third-order valence-corrected chi connectivity index (χ3v) is 8.40. The molecule has 2 N–H and O–H groups in total. The Kier molecular flexibility index (Phi) is 6.09. The van der Waals surface area contributed by atoms with Gasteiger partial charge in [0.2, 0.25) is 0 Å². The lowest BCUT2D eigenvalue weighted by atomic mass is 10.0. The number of hydrogen-bond acceptors (Lipinski definition) is 6. The molecule has 0 aromatic carbocycles. The number of nitrogens with one attached hydrogen (secondary N) is 2. The first-order valence-electron chi connectivity index (χ1n) is 13.7. The van der Waals surface area contributed by atoms with Gasteiger partial charge in [-0.3, -0.25) is 14.8 Å². The van der Waals surface area contributed by atoms with Gasteiger partial charge in [0.1, 0.15) is 5.69 Å². The maximum atomic E-state index is 13.2. The Labute approximate surface area is 218 Å². The van der Waals surface area contributed by atoms with Gasteiger partial charge in [0, 0.05) is 44.0 Å². The molecule has 2 amide bonds. The highest BCUT2D eigenvalue weighted by Crippen LogP contribution is 2.48. The quantitative estimate of drug-likeness (QED) is 0.522. The molecule has 1 unspecified atom stereocenters. The second-order valence-electron chi connectivity index (χ2n) is 11.8. The van der Waals surface area contributed by atoms with Crippen LogP contribution >= 0.6 is 0 Å². The normalized spacial score (nSPS) is 21.1. The number of nitrogens with zero attached hydrogens (tertiary/aromatic N) is 7. The second kappa shape index (κ2) is 9.31. The summed E-state index contributed by atoms with van der Waals surface area (Å²) in [5.41, 5.74) is 3.29. The fraction of sp³-hybridized carbons (Fsp3) is 0.630. The van der Waals surface area contributed by atoms with Crippen molar-refractivity contribution in [1.29, 1.82) is 0 Å². The molecule has 10 heteroatoms. The number of amides is 2. The van der Waals surface area contributed by atoms with Gasteiger partial charge in [-0.2, -0.15) is 10.2 Å². The first-order valence-corrected chi connectivity index (χ1v) is 13.7. The second-order valence-corrected chi connectivity index (χ2v) is 11.8. The highest BCUT2D eigenvalue weighted by atomic mass is 16.2. The van der Waals surface area contributed by atoms with Crippen molar-refractivity contribution in [1.82, 2.24) is 34.8 Å². The molecular weight excluding hydrogens is 466 g/mol. The van der Waals surface area contributed by atoms with Crippen LogP contribution in [0.5, 0.6) is 0 Å². The molecule has 1 spiro atoms. The van der Waals surface area contributed by atoms with E-state index in [0.29, 0.717) is 17.6 Å². The van der Waals surface area contributed by atoms with Crippen LogP contribution < -0.4 is 10.2 Å². The maximum absolute atomic E-state index is 13.2. The molecule has 1 saturated carbocycles. The largest absolute Gasteiger partial charge is 0.353 e. The van der Waals surface area contributed by atoms with Crippen molar-refractivity contribution in [3.05, 3.63) is 18.5 Å². The average molecular weight is 506 g/mol. The number of piperidine rings is 1. The molecule has 2 aliphatic heterocycles. The van der Waals surface area contributed by atoms with E-state index in [1.807, 2.05) is 11.1 Å². The number of H-pyrrole nitrogens is 1. The first kappa shape index (κ1) is 24.2. The zero-order valence-electron chi connectivity index (χ0n) is 22.5. The van der Waals surface area contributed by atoms with Gasteiger partial charge in [0.05, 0.1) is 28.5 Å². The Morgan fingerprint density at radius 3 is 2.78 bits per heavy atom. The number of urea groups is 1. The van der Waals surface area contributed by atoms with E-state index in [1.165, 1.54) is 6.42 Å². The van der Waals surface area contributed by atoms with Crippen LogP contribution in [0.15, 0.2) is 18.5 Å². The zero-order valence-corrected chi connectivity index (χ0v) is 22.5. The van der Waals surface area contributed by atoms with E-state index in [-0.39, 0.29) is 11.6 Å². The Balaban J connectivity index is 1.30. The van der Waals surface area contributed by atoms with Crippen molar-refractivity contribution in [2.24, 2.45) is 5.92 Å². The zero-order chi connectivity index (χ0) is 25.7. The van der Waals surface area contributed by atoms with Gasteiger partial charge < -0.3 is 20.0 Å². The summed E-state index contributed by atoms with van der Waals surface area (Å²) in [7, 11) is 4.29. The molecular formula is C27H39N9O. The average Bonchev–Trinajstić information content (AvgIpc) is 3.23. The Bertz CT molecular complexity index is 1290. The number of pyridine rings is 1. The van der Waals surface area contributed by atoms with E-state index in [0.717, 1.165) is 86.4 Å². The summed E-state index contributed by atoms with van der Waals surface area (Å²) in [6, 6.07) is 2.58. The molecule has 0 radical (unpaired) electrons. The van der Waals surface area contributed by atoms with Crippen LogP contribution in [0.2, 0.25) is 0 Å². The van der Waals surface area contributed by atoms with E-state index in [1.54, 1.807) is 6.20 Å². The smallest absolute Gasteiger partial charge is 0.322 e. The highest BCUT2D eigenvalue weighted by molar-refractivity contribution is 5.96. The van der Waals surface area contributed by atoms with Crippen LogP contribution in [-0.2, 0) is 6.54 Å². The van der Waals surface area contributed by atoms with E-state index in [4.69, 9.17) is 10.1 Å². The van der Waals surface area contributed by atoms with Gasteiger partial charge >= 0.3 is 6.03 Å². The van der Waals surface area contributed by atoms with Gasteiger partial charge in [0.15, 0.2) is 5.82 Å². The Morgan fingerprint density at radius 2 is 2.05 bits per heavy atom. The summed E-state index contributed by atoms with van der Waals surface area (Å²) in [4.78, 5) is 24.8.